The molecule has 23 heavy (non-hydrogen) atoms. The van der Waals surface area contributed by atoms with E-state index in [0.717, 1.165) is 6.42 Å². The van der Waals surface area contributed by atoms with Crippen LogP contribution in [0, 0.1) is 0 Å². The molecule has 0 amide bonds. The lowest BCUT2D eigenvalue weighted by atomic mass is 9.98. The zero-order chi connectivity index (χ0) is 17.5. The monoisotopic (exact) mass is 340 g/mol. The van der Waals surface area contributed by atoms with E-state index in [1.807, 2.05) is 13.0 Å². The van der Waals surface area contributed by atoms with Crippen LogP contribution in [0.1, 0.15) is 38.8 Å². The minimum Gasteiger partial charge on any atom is -0.329 e. The van der Waals surface area contributed by atoms with Crippen LogP contribution in [0.4, 0.5) is 0 Å². The Bertz CT molecular complexity index is 493. The Hall–Kier alpha value is -0.670. The van der Waals surface area contributed by atoms with Crippen molar-refractivity contribution in [1.82, 2.24) is 10.2 Å². The van der Waals surface area contributed by atoms with Crippen LogP contribution >= 0.6 is 7.37 Å². The van der Waals surface area contributed by atoms with E-state index in [9.17, 15) is 4.57 Å². The van der Waals surface area contributed by atoms with E-state index in [4.69, 9.17) is 4.52 Å². The smallest absolute Gasteiger partial charge is 0.200 e. The summed E-state index contributed by atoms with van der Waals surface area (Å²) >= 11 is 0. The molecule has 0 aliphatic carbocycles. The van der Waals surface area contributed by atoms with Crippen molar-refractivity contribution in [2.45, 2.75) is 45.3 Å². The summed E-state index contributed by atoms with van der Waals surface area (Å²) < 4.78 is 17.6. The zero-order valence-electron chi connectivity index (χ0n) is 15.5. The SMILES string of the molecule is CCOP(C)(=O)CCC(C)NC(C)C(c1ccccc1)N(C)C. The highest BCUT2D eigenvalue weighted by Crippen LogP contribution is 2.43. The van der Waals surface area contributed by atoms with Crippen molar-refractivity contribution < 1.29 is 9.09 Å². The molecule has 0 saturated heterocycles. The summed E-state index contributed by atoms with van der Waals surface area (Å²) in [7, 11) is 1.77. The molecule has 0 radical (unpaired) electrons. The maximum Gasteiger partial charge on any atom is 0.200 e. The molecular weight excluding hydrogens is 307 g/mol. The number of benzene rings is 1. The van der Waals surface area contributed by atoms with Gasteiger partial charge in [0.05, 0.1) is 6.61 Å². The Morgan fingerprint density at radius 2 is 1.83 bits per heavy atom. The predicted octanol–water partition coefficient (Wildman–Crippen LogP) is 3.99. The molecule has 5 heteroatoms. The van der Waals surface area contributed by atoms with Gasteiger partial charge in [-0.15, -0.1) is 0 Å². The van der Waals surface area contributed by atoms with Crippen LogP contribution in [0.25, 0.3) is 0 Å². The molecule has 0 fully saturated rings. The van der Waals surface area contributed by atoms with Crippen LogP contribution in [0.2, 0.25) is 0 Å². The van der Waals surface area contributed by atoms with Gasteiger partial charge in [0.15, 0.2) is 7.37 Å². The van der Waals surface area contributed by atoms with Crippen LogP contribution in [-0.2, 0) is 9.09 Å². The van der Waals surface area contributed by atoms with Crippen molar-refractivity contribution in [1.29, 1.82) is 0 Å². The lowest BCUT2D eigenvalue weighted by molar-refractivity contribution is 0.229. The van der Waals surface area contributed by atoms with E-state index in [0.29, 0.717) is 30.9 Å². The maximum atomic E-state index is 12.2. The molecule has 1 aromatic carbocycles. The fourth-order valence-corrected chi connectivity index (χ4v) is 4.60. The highest BCUT2D eigenvalue weighted by molar-refractivity contribution is 7.58. The van der Waals surface area contributed by atoms with E-state index >= 15 is 0 Å². The van der Waals surface area contributed by atoms with Gasteiger partial charge in [-0.25, -0.2) is 0 Å². The molecular formula is C18H33N2O2P. The number of hydrogen-bond acceptors (Lipinski definition) is 4. The second-order valence-electron chi connectivity index (χ2n) is 6.62. The minimum atomic E-state index is -2.44. The largest absolute Gasteiger partial charge is 0.329 e. The van der Waals surface area contributed by atoms with Gasteiger partial charge in [-0.2, -0.15) is 0 Å². The maximum absolute atomic E-state index is 12.2. The van der Waals surface area contributed by atoms with E-state index < -0.39 is 7.37 Å². The lowest BCUT2D eigenvalue weighted by Gasteiger charge is -2.33. The van der Waals surface area contributed by atoms with Crippen molar-refractivity contribution >= 4 is 7.37 Å². The first-order valence-electron chi connectivity index (χ1n) is 8.45. The Labute approximate surface area is 142 Å². The van der Waals surface area contributed by atoms with Crippen molar-refractivity contribution in [2.75, 3.05) is 33.5 Å². The van der Waals surface area contributed by atoms with Gasteiger partial charge in [-0.3, -0.25) is 4.57 Å². The van der Waals surface area contributed by atoms with Gasteiger partial charge in [0.2, 0.25) is 0 Å². The Morgan fingerprint density at radius 3 is 2.35 bits per heavy atom. The first-order valence-corrected chi connectivity index (χ1v) is 10.7. The van der Waals surface area contributed by atoms with Crippen LogP contribution in [0.3, 0.4) is 0 Å². The Kier molecular flexibility index (Phi) is 8.49. The average Bonchev–Trinajstić information content (AvgIpc) is 2.46. The molecule has 0 bridgehead atoms. The Morgan fingerprint density at radius 1 is 1.22 bits per heavy atom. The summed E-state index contributed by atoms with van der Waals surface area (Å²) in [4.78, 5) is 2.24. The van der Waals surface area contributed by atoms with Crippen molar-refractivity contribution in [3.63, 3.8) is 0 Å². The quantitative estimate of drug-likeness (QED) is 0.654. The zero-order valence-corrected chi connectivity index (χ0v) is 16.3. The van der Waals surface area contributed by atoms with Gasteiger partial charge in [0.1, 0.15) is 0 Å². The number of rotatable bonds is 10. The first-order chi connectivity index (χ1) is 10.8. The van der Waals surface area contributed by atoms with Gasteiger partial charge in [0.25, 0.3) is 0 Å². The van der Waals surface area contributed by atoms with Crippen LogP contribution in [0.5, 0.6) is 0 Å². The molecule has 1 aromatic rings. The van der Waals surface area contributed by atoms with Gasteiger partial charge in [0, 0.05) is 31.0 Å². The molecule has 0 spiro atoms. The molecule has 4 nitrogen and oxygen atoms in total. The van der Waals surface area contributed by atoms with Gasteiger partial charge >= 0.3 is 0 Å². The third kappa shape index (κ3) is 7.17. The fraction of sp³-hybridized carbons (Fsp3) is 0.667. The van der Waals surface area contributed by atoms with E-state index in [2.05, 4.69) is 62.4 Å². The number of hydrogen-bond donors (Lipinski definition) is 1. The minimum absolute atomic E-state index is 0.296. The number of nitrogens with one attached hydrogen (secondary N) is 1. The second-order valence-corrected chi connectivity index (χ2v) is 9.35. The average molecular weight is 340 g/mol. The van der Waals surface area contributed by atoms with E-state index in [1.165, 1.54) is 5.56 Å². The van der Waals surface area contributed by atoms with Crippen molar-refractivity contribution in [3.8, 4) is 0 Å². The van der Waals surface area contributed by atoms with Gasteiger partial charge < -0.3 is 14.7 Å². The summed E-state index contributed by atoms with van der Waals surface area (Å²) in [6, 6.07) is 11.4. The number of likely N-dealkylation sites (N-methyl/N-ethyl adjacent to an activating group) is 1. The standard InChI is InChI=1S/C18H33N2O2P/c1-7-22-23(6,21)14-13-15(2)19-16(3)18(20(4)5)17-11-9-8-10-12-17/h8-12,15-16,18-19H,7,13-14H2,1-6H3. The number of nitrogens with zero attached hydrogens (tertiary/aromatic N) is 1. The first kappa shape index (κ1) is 20.4. The van der Waals surface area contributed by atoms with Gasteiger partial charge in [-0.05, 0) is 46.9 Å². The highest BCUT2D eigenvalue weighted by Gasteiger charge is 2.23. The molecule has 1 N–H and O–H groups in total. The second kappa shape index (κ2) is 9.58. The van der Waals surface area contributed by atoms with Crippen LogP contribution < -0.4 is 5.32 Å². The lowest BCUT2D eigenvalue weighted by Crippen LogP contribution is -2.43. The molecule has 1 rings (SSSR count). The van der Waals surface area contributed by atoms with E-state index in [1.54, 1.807) is 6.66 Å². The molecule has 0 aliphatic heterocycles. The molecule has 132 valence electrons. The van der Waals surface area contributed by atoms with Crippen LogP contribution in [0.15, 0.2) is 30.3 Å². The highest BCUT2D eigenvalue weighted by atomic mass is 31.2. The fourth-order valence-electron chi connectivity index (χ4n) is 3.07. The molecule has 4 unspecified atom stereocenters. The third-order valence-electron chi connectivity index (χ3n) is 4.09. The van der Waals surface area contributed by atoms with Gasteiger partial charge in [-0.1, -0.05) is 30.3 Å². The molecule has 0 saturated carbocycles. The summed E-state index contributed by atoms with van der Waals surface area (Å²) in [5.74, 6) is 0. The summed E-state index contributed by atoms with van der Waals surface area (Å²) in [6.45, 7) is 8.51. The van der Waals surface area contributed by atoms with Crippen LogP contribution in [-0.4, -0.2) is 50.5 Å². The van der Waals surface area contributed by atoms with Crippen molar-refractivity contribution in [3.05, 3.63) is 35.9 Å². The normalized spacial score (nSPS) is 18.4. The third-order valence-corrected chi connectivity index (χ3v) is 5.96. The summed E-state index contributed by atoms with van der Waals surface area (Å²) in [6.07, 6.45) is 1.48. The summed E-state index contributed by atoms with van der Waals surface area (Å²) in [5.41, 5.74) is 1.31. The van der Waals surface area contributed by atoms with E-state index in [-0.39, 0.29) is 0 Å². The Balaban J connectivity index is 2.61. The topological polar surface area (TPSA) is 41.6 Å². The molecule has 0 aliphatic rings. The van der Waals surface area contributed by atoms with Crippen molar-refractivity contribution in [2.24, 2.45) is 0 Å². The molecule has 4 atom stereocenters. The predicted molar refractivity (Wildman–Crippen MR) is 99.6 cm³/mol. The molecule has 0 aromatic heterocycles. The molecule has 0 heterocycles. The summed E-state index contributed by atoms with van der Waals surface area (Å²) in [5, 5.41) is 3.66.